The summed E-state index contributed by atoms with van der Waals surface area (Å²) in [5.74, 6) is 1.28. The molecule has 18 heavy (non-hydrogen) atoms. The smallest absolute Gasteiger partial charge is 0.225 e. The minimum Gasteiger partial charge on any atom is -0.481 e. The van der Waals surface area contributed by atoms with E-state index in [2.05, 4.69) is 25.6 Å². The average molecular weight is 249 g/mol. The Balaban J connectivity index is 1.81. The van der Waals surface area contributed by atoms with E-state index < -0.39 is 0 Å². The Bertz CT molecular complexity index is 485. The summed E-state index contributed by atoms with van der Waals surface area (Å²) >= 11 is 0. The van der Waals surface area contributed by atoms with E-state index in [1.54, 1.807) is 16.9 Å². The fourth-order valence-electron chi connectivity index (χ4n) is 1.45. The van der Waals surface area contributed by atoms with Crippen LogP contribution in [0.1, 0.15) is 6.42 Å². The number of aromatic nitrogens is 5. The molecule has 0 saturated carbocycles. The fraction of sp³-hybridized carbons (Fsp3) is 0.400. The number of nitrogens with one attached hydrogen (secondary N) is 1. The molecule has 2 aromatic rings. The Morgan fingerprint density at radius 2 is 2.33 bits per heavy atom. The van der Waals surface area contributed by atoms with Crippen LogP contribution in [-0.2, 0) is 6.54 Å². The van der Waals surface area contributed by atoms with Crippen LogP contribution >= 0.6 is 0 Å². The predicted molar refractivity (Wildman–Crippen MR) is 66.1 cm³/mol. The Hall–Kier alpha value is -2.38. The predicted octanol–water partition coefficient (Wildman–Crippen LogP) is 0.161. The van der Waals surface area contributed by atoms with Gasteiger partial charge < -0.3 is 15.8 Å². The van der Waals surface area contributed by atoms with Crippen molar-refractivity contribution in [2.75, 3.05) is 24.7 Å². The fourth-order valence-corrected chi connectivity index (χ4v) is 1.45. The second-order valence-corrected chi connectivity index (χ2v) is 3.60. The van der Waals surface area contributed by atoms with E-state index >= 15 is 0 Å². The van der Waals surface area contributed by atoms with Gasteiger partial charge in [0.05, 0.1) is 13.3 Å². The van der Waals surface area contributed by atoms with E-state index in [9.17, 15) is 0 Å². The highest BCUT2D eigenvalue weighted by atomic mass is 16.5. The maximum Gasteiger partial charge on any atom is 0.225 e. The van der Waals surface area contributed by atoms with Gasteiger partial charge in [-0.1, -0.05) is 5.21 Å². The maximum atomic E-state index is 5.55. The lowest BCUT2D eigenvalue weighted by molar-refractivity contribution is 0.398. The van der Waals surface area contributed by atoms with Gasteiger partial charge in [0.1, 0.15) is 5.82 Å². The van der Waals surface area contributed by atoms with Crippen LogP contribution in [0.5, 0.6) is 5.88 Å². The van der Waals surface area contributed by atoms with Crippen molar-refractivity contribution in [1.82, 2.24) is 25.0 Å². The third-order valence-corrected chi connectivity index (χ3v) is 2.27. The van der Waals surface area contributed by atoms with E-state index in [1.807, 2.05) is 6.20 Å². The van der Waals surface area contributed by atoms with E-state index in [0.717, 1.165) is 19.5 Å². The Labute approximate surface area is 104 Å². The number of methoxy groups -OCH3 is 1. The molecule has 0 aliphatic heterocycles. The van der Waals surface area contributed by atoms with E-state index in [1.165, 1.54) is 7.11 Å². The van der Waals surface area contributed by atoms with Gasteiger partial charge in [-0.05, 0) is 6.42 Å². The standard InChI is InChI=1S/C10H15N7O/c1-18-9-7-8(14-10(11)15-9)12-3-2-5-17-6-4-13-16-17/h4,6-7H,2-3,5H2,1H3,(H3,11,12,14,15). The molecule has 0 amide bonds. The van der Waals surface area contributed by atoms with Gasteiger partial charge in [0.25, 0.3) is 0 Å². The number of nitrogen functional groups attached to an aromatic ring is 1. The number of ether oxygens (including phenoxy) is 1. The summed E-state index contributed by atoms with van der Waals surface area (Å²) in [6, 6.07) is 1.70. The maximum absolute atomic E-state index is 5.55. The Morgan fingerprint density at radius 3 is 3.06 bits per heavy atom. The molecule has 0 saturated heterocycles. The SMILES string of the molecule is COc1cc(NCCCn2ccnn2)nc(N)n1. The van der Waals surface area contributed by atoms with Crippen molar-refractivity contribution in [3.8, 4) is 5.88 Å². The molecular formula is C10H15N7O. The Morgan fingerprint density at radius 1 is 1.44 bits per heavy atom. The average Bonchev–Trinajstić information content (AvgIpc) is 2.87. The van der Waals surface area contributed by atoms with Gasteiger partial charge in [0, 0.05) is 25.4 Å². The molecule has 0 unspecified atom stereocenters. The number of rotatable bonds is 6. The second-order valence-electron chi connectivity index (χ2n) is 3.60. The lowest BCUT2D eigenvalue weighted by Gasteiger charge is -2.07. The molecule has 0 radical (unpaired) electrons. The van der Waals surface area contributed by atoms with Crippen molar-refractivity contribution in [3.63, 3.8) is 0 Å². The zero-order chi connectivity index (χ0) is 12.8. The van der Waals surface area contributed by atoms with Crippen LogP contribution in [0, 0.1) is 0 Å². The minimum atomic E-state index is 0.188. The van der Waals surface area contributed by atoms with E-state index in [0.29, 0.717) is 11.7 Å². The summed E-state index contributed by atoms with van der Waals surface area (Å²) in [6.45, 7) is 1.55. The van der Waals surface area contributed by atoms with Gasteiger partial charge in [-0.25, -0.2) is 0 Å². The summed E-state index contributed by atoms with van der Waals surface area (Å²) in [6.07, 6.45) is 4.38. The number of aryl methyl sites for hydroxylation is 1. The van der Waals surface area contributed by atoms with Crippen LogP contribution < -0.4 is 15.8 Å². The number of nitrogens with two attached hydrogens (primary N) is 1. The monoisotopic (exact) mass is 249 g/mol. The number of hydrogen-bond acceptors (Lipinski definition) is 7. The molecule has 0 atom stereocenters. The third-order valence-electron chi connectivity index (χ3n) is 2.27. The molecule has 0 aliphatic carbocycles. The minimum absolute atomic E-state index is 0.188. The highest BCUT2D eigenvalue weighted by Crippen LogP contribution is 2.13. The normalized spacial score (nSPS) is 10.3. The van der Waals surface area contributed by atoms with Crippen LogP contribution in [0.2, 0.25) is 0 Å². The van der Waals surface area contributed by atoms with Crippen molar-refractivity contribution in [3.05, 3.63) is 18.5 Å². The van der Waals surface area contributed by atoms with Crippen LogP contribution in [0.3, 0.4) is 0 Å². The number of nitrogens with zero attached hydrogens (tertiary/aromatic N) is 5. The molecule has 8 nitrogen and oxygen atoms in total. The molecular weight excluding hydrogens is 234 g/mol. The van der Waals surface area contributed by atoms with E-state index in [4.69, 9.17) is 10.5 Å². The topological polar surface area (TPSA) is 104 Å². The molecule has 2 rings (SSSR count). The van der Waals surface area contributed by atoms with Gasteiger partial charge in [0.2, 0.25) is 11.8 Å². The van der Waals surface area contributed by atoms with Crippen LogP contribution in [-0.4, -0.2) is 38.6 Å². The quantitative estimate of drug-likeness (QED) is 0.703. The molecule has 8 heteroatoms. The first-order valence-corrected chi connectivity index (χ1v) is 5.54. The largest absolute Gasteiger partial charge is 0.481 e. The molecule has 2 aromatic heterocycles. The van der Waals surface area contributed by atoms with Crippen molar-refractivity contribution >= 4 is 11.8 Å². The lowest BCUT2D eigenvalue weighted by Crippen LogP contribution is -2.09. The van der Waals surface area contributed by atoms with Crippen molar-refractivity contribution < 1.29 is 4.74 Å². The zero-order valence-electron chi connectivity index (χ0n) is 10.1. The van der Waals surface area contributed by atoms with Gasteiger partial charge >= 0.3 is 0 Å². The summed E-state index contributed by atoms with van der Waals surface area (Å²) in [5, 5.41) is 10.8. The third kappa shape index (κ3) is 3.30. The molecule has 0 aromatic carbocycles. The van der Waals surface area contributed by atoms with Crippen LogP contribution in [0.15, 0.2) is 18.5 Å². The second kappa shape index (κ2) is 5.80. The summed E-state index contributed by atoms with van der Waals surface area (Å²) in [4.78, 5) is 7.96. The first kappa shape index (κ1) is 12.1. The molecule has 2 heterocycles. The highest BCUT2D eigenvalue weighted by molar-refractivity contribution is 5.42. The lowest BCUT2D eigenvalue weighted by atomic mass is 10.4. The first-order valence-electron chi connectivity index (χ1n) is 5.54. The van der Waals surface area contributed by atoms with Gasteiger partial charge in [-0.2, -0.15) is 9.97 Å². The van der Waals surface area contributed by atoms with Crippen molar-refractivity contribution in [2.24, 2.45) is 0 Å². The number of hydrogen-bond donors (Lipinski definition) is 2. The Kier molecular flexibility index (Phi) is 3.90. The van der Waals surface area contributed by atoms with Gasteiger partial charge in [-0.3, -0.25) is 4.68 Å². The molecule has 0 fully saturated rings. The van der Waals surface area contributed by atoms with Crippen LogP contribution in [0.25, 0.3) is 0 Å². The molecule has 0 bridgehead atoms. The highest BCUT2D eigenvalue weighted by Gasteiger charge is 2.01. The summed E-state index contributed by atoms with van der Waals surface area (Å²) in [5.41, 5.74) is 5.55. The van der Waals surface area contributed by atoms with Gasteiger partial charge in [-0.15, -0.1) is 5.10 Å². The van der Waals surface area contributed by atoms with Crippen molar-refractivity contribution in [2.45, 2.75) is 13.0 Å². The number of anilines is 2. The molecule has 0 spiro atoms. The zero-order valence-corrected chi connectivity index (χ0v) is 10.1. The van der Waals surface area contributed by atoms with Crippen LogP contribution in [0.4, 0.5) is 11.8 Å². The van der Waals surface area contributed by atoms with Gasteiger partial charge in [0.15, 0.2) is 0 Å². The van der Waals surface area contributed by atoms with Crippen molar-refractivity contribution in [1.29, 1.82) is 0 Å². The van der Waals surface area contributed by atoms with E-state index in [-0.39, 0.29) is 5.95 Å². The summed E-state index contributed by atoms with van der Waals surface area (Å²) < 4.78 is 6.78. The molecule has 0 aliphatic rings. The molecule has 3 N–H and O–H groups in total. The first-order chi connectivity index (χ1) is 8.78. The summed E-state index contributed by atoms with van der Waals surface area (Å²) in [7, 11) is 1.54. The molecule has 96 valence electrons.